The summed E-state index contributed by atoms with van der Waals surface area (Å²) in [5.74, 6) is 0.171. The van der Waals surface area contributed by atoms with E-state index >= 15 is 0 Å². The van der Waals surface area contributed by atoms with Crippen LogP contribution in [-0.4, -0.2) is 15.9 Å². The summed E-state index contributed by atoms with van der Waals surface area (Å²) in [6, 6.07) is 20.2. The number of imidazole rings is 1. The van der Waals surface area contributed by atoms with Gasteiger partial charge in [0.2, 0.25) is 0 Å². The van der Waals surface area contributed by atoms with E-state index < -0.39 is 0 Å². The third-order valence-electron chi connectivity index (χ3n) is 4.72. The van der Waals surface area contributed by atoms with Crippen LogP contribution in [0.25, 0.3) is 11.0 Å². The Balaban J connectivity index is 1.48. The van der Waals surface area contributed by atoms with Crippen molar-refractivity contribution in [3.8, 4) is 0 Å². The molecule has 4 nitrogen and oxygen atoms in total. The third kappa shape index (κ3) is 3.93. The Morgan fingerprint density at radius 3 is 2.64 bits per heavy atom. The van der Waals surface area contributed by atoms with Gasteiger partial charge in [0.15, 0.2) is 0 Å². The third-order valence-corrected chi connectivity index (χ3v) is 4.72. The number of amides is 1. The highest BCUT2D eigenvalue weighted by molar-refractivity contribution is 6.05. The topological polar surface area (TPSA) is 57.8 Å². The molecular weight excluding hydrogens is 353 g/mol. The second kappa shape index (κ2) is 7.64. The Labute approximate surface area is 162 Å². The predicted octanol–water partition coefficient (Wildman–Crippen LogP) is 5.05. The molecule has 0 radical (unpaired) electrons. The van der Waals surface area contributed by atoms with Crippen molar-refractivity contribution in [1.29, 1.82) is 0 Å². The first kappa shape index (κ1) is 17.9. The fourth-order valence-electron chi connectivity index (χ4n) is 3.10. The van der Waals surface area contributed by atoms with Gasteiger partial charge < -0.3 is 10.3 Å². The maximum Gasteiger partial charge on any atom is 0.255 e. The number of nitrogens with one attached hydrogen (secondary N) is 2. The van der Waals surface area contributed by atoms with Gasteiger partial charge in [-0.05, 0) is 54.8 Å². The molecule has 0 atom stereocenters. The number of aromatic nitrogens is 2. The van der Waals surface area contributed by atoms with Gasteiger partial charge in [0, 0.05) is 17.7 Å². The van der Waals surface area contributed by atoms with Crippen molar-refractivity contribution in [2.75, 3.05) is 5.32 Å². The molecule has 1 heterocycles. The molecule has 5 heteroatoms. The van der Waals surface area contributed by atoms with Gasteiger partial charge in [-0.1, -0.05) is 36.4 Å². The largest absolute Gasteiger partial charge is 0.342 e. The number of anilines is 1. The van der Waals surface area contributed by atoms with E-state index in [0.29, 0.717) is 11.3 Å². The molecule has 3 aromatic carbocycles. The van der Waals surface area contributed by atoms with Crippen LogP contribution in [0, 0.1) is 12.7 Å². The minimum atomic E-state index is -0.389. The smallest absolute Gasteiger partial charge is 0.255 e. The summed E-state index contributed by atoms with van der Waals surface area (Å²) in [6.07, 6.45) is 1.71. The Hall–Kier alpha value is -3.47. The van der Waals surface area contributed by atoms with Crippen molar-refractivity contribution < 1.29 is 9.18 Å². The summed E-state index contributed by atoms with van der Waals surface area (Å²) in [4.78, 5) is 20.3. The molecular formula is C23H20FN3O. The standard InChI is InChI=1S/C23H20FN3O/c1-15-7-9-17(13-19(15)24)23(28)25-18-10-11-20-21(14-18)27-22(26-20)12-8-16-5-3-2-4-6-16/h2-7,9-11,13-14H,8,12H2,1H3,(H,25,28)(H,26,27). The van der Waals surface area contributed by atoms with Crippen LogP contribution in [0.4, 0.5) is 10.1 Å². The van der Waals surface area contributed by atoms with Crippen LogP contribution in [0.2, 0.25) is 0 Å². The molecule has 0 aliphatic carbocycles. The van der Waals surface area contributed by atoms with Gasteiger partial charge in [-0.25, -0.2) is 9.37 Å². The molecule has 28 heavy (non-hydrogen) atoms. The lowest BCUT2D eigenvalue weighted by atomic mass is 10.1. The monoisotopic (exact) mass is 373 g/mol. The zero-order chi connectivity index (χ0) is 19.5. The molecule has 4 aromatic rings. The van der Waals surface area contributed by atoms with Gasteiger partial charge >= 0.3 is 0 Å². The van der Waals surface area contributed by atoms with Gasteiger partial charge in [-0.2, -0.15) is 0 Å². The van der Waals surface area contributed by atoms with E-state index in [1.807, 2.05) is 30.3 Å². The van der Waals surface area contributed by atoms with Crippen molar-refractivity contribution in [2.45, 2.75) is 19.8 Å². The molecule has 4 rings (SSSR count). The number of fused-ring (bicyclic) bond motifs is 1. The predicted molar refractivity (Wildman–Crippen MR) is 109 cm³/mol. The molecule has 0 spiro atoms. The Bertz CT molecular complexity index is 1140. The van der Waals surface area contributed by atoms with Crippen molar-refractivity contribution in [1.82, 2.24) is 9.97 Å². The zero-order valence-corrected chi connectivity index (χ0v) is 15.5. The highest BCUT2D eigenvalue weighted by Crippen LogP contribution is 2.19. The number of rotatable bonds is 5. The summed E-state index contributed by atoms with van der Waals surface area (Å²) in [7, 11) is 0. The van der Waals surface area contributed by atoms with Crippen LogP contribution < -0.4 is 5.32 Å². The van der Waals surface area contributed by atoms with Crippen LogP contribution in [-0.2, 0) is 12.8 Å². The average Bonchev–Trinajstić information content (AvgIpc) is 3.11. The molecule has 0 unspecified atom stereocenters. The average molecular weight is 373 g/mol. The fourth-order valence-corrected chi connectivity index (χ4v) is 3.10. The maximum atomic E-state index is 13.7. The Morgan fingerprint density at radius 1 is 1.04 bits per heavy atom. The number of aryl methyl sites for hydroxylation is 3. The van der Waals surface area contributed by atoms with Crippen molar-refractivity contribution in [3.05, 3.63) is 95.1 Å². The molecule has 1 amide bonds. The zero-order valence-electron chi connectivity index (χ0n) is 15.5. The van der Waals surface area contributed by atoms with Crippen LogP contribution in [0.1, 0.15) is 27.3 Å². The van der Waals surface area contributed by atoms with E-state index in [0.717, 1.165) is 29.7 Å². The lowest BCUT2D eigenvalue weighted by molar-refractivity contribution is 0.102. The summed E-state index contributed by atoms with van der Waals surface area (Å²) in [6.45, 7) is 1.67. The maximum absolute atomic E-state index is 13.7. The van der Waals surface area contributed by atoms with E-state index in [9.17, 15) is 9.18 Å². The number of hydrogen-bond acceptors (Lipinski definition) is 2. The number of carbonyl (C=O) groups excluding carboxylic acids is 1. The molecule has 0 bridgehead atoms. The van der Waals surface area contributed by atoms with Crippen molar-refractivity contribution >= 4 is 22.6 Å². The van der Waals surface area contributed by atoms with Crippen molar-refractivity contribution in [2.24, 2.45) is 0 Å². The van der Waals surface area contributed by atoms with E-state index in [-0.39, 0.29) is 17.3 Å². The highest BCUT2D eigenvalue weighted by atomic mass is 19.1. The van der Waals surface area contributed by atoms with Gasteiger partial charge in [0.05, 0.1) is 11.0 Å². The molecule has 1 aromatic heterocycles. The first-order valence-electron chi connectivity index (χ1n) is 9.18. The van der Waals surface area contributed by atoms with Gasteiger partial charge in [0.25, 0.3) is 5.91 Å². The number of benzene rings is 3. The number of carbonyl (C=O) groups is 1. The number of aromatic amines is 1. The molecule has 0 saturated heterocycles. The summed E-state index contributed by atoms with van der Waals surface area (Å²) in [5, 5.41) is 2.81. The minimum absolute atomic E-state index is 0.288. The number of halogens is 1. The Kier molecular flexibility index (Phi) is 4.89. The van der Waals surface area contributed by atoms with E-state index in [1.165, 1.54) is 11.6 Å². The SMILES string of the molecule is Cc1ccc(C(=O)Nc2ccc3nc(CCc4ccccc4)[nH]c3c2)cc1F. The first-order valence-corrected chi connectivity index (χ1v) is 9.18. The van der Waals surface area contributed by atoms with Gasteiger partial charge in [0.1, 0.15) is 11.6 Å². The number of hydrogen-bond donors (Lipinski definition) is 2. The molecule has 2 N–H and O–H groups in total. The quantitative estimate of drug-likeness (QED) is 0.514. The molecule has 0 aliphatic heterocycles. The molecule has 0 fully saturated rings. The van der Waals surface area contributed by atoms with E-state index in [2.05, 4.69) is 27.4 Å². The Morgan fingerprint density at radius 2 is 1.86 bits per heavy atom. The van der Waals surface area contributed by atoms with Crippen LogP contribution in [0.5, 0.6) is 0 Å². The lowest BCUT2D eigenvalue weighted by Crippen LogP contribution is -2.12. The summed E-state index contributed by atoms with van der Waals surface area (Å²) in [5.41, 5.74) is 4.41. The molecule has 0 aliphatic rings. The highest BCUT2D eigenvalue weighted by Gasteiger charge is 2.10. The van der Waals surface area contributed by atoms with E-state index in [4.69, 9.17) is 0 Å². The second-order valence-corrected chi connectivity index (χ2v) is 6.82. The molecule has 140 valence electrons. The normalized spacial score (nSPS) is 10.9. The van der Waals surface area contributed by atoms with Gasteiger partial charge in [-0.15, -0.1) is 0 Å². The van der Waals surface area contributed by atoms with Crippen molar-refractivity contribution in [3.63, 3.8) is 0 Å². The van der Waals surface area contributed by atoms with E-state index in [1.54, 1.807) is 25.1 Å². The summed E-state index contributed by atoms with van der Waals surface area (Å²) >= 11 is 0. The van der Waals surface area contributed by atoms with Crippen LogP contribution >= 0.6 is 0 Å². The number of nitrogens with zero attached hydrogens (tertiary/aromatic N) is 1. The minimum Gasteiger partial charge on any atom is -0.342 e. The molecule has 0 saturated carbocycles. The second-order valence-electron chi connectivity index (χ2n) is 6.82. The number of H-pyrrole nitrogens is 1. The van der Waals surface area contributed by atoms with Crippen LogP contribution in [0.3, 0.4) is 0 Å². The van der Waals surface area contributed by atoms with Gasteiger partial charge in [-0.3, -0.25) is 4.79 Å². The first-order chi connectivity index (χ1) is 13.6. The fraction of sp³-hybridized carbons (Fsp3) is 0.130. The van der Waals surface area contributed by atoms with Crippen LogP contribution in [0.15, 0.2) is 66.7 Å². The summed E-state index contributed by atoms with van der Waals surface area (Å²) < 4.78 is 13.7. The lowest BCUT2D eigenvalue weighted by Gasteiger charge is -2.06.